The van der Waals surface area contributed by atoms with E-state index in [1.54, 1.807) is 13.2 Å². The van der Waals surface area contributed by atoms with Gasteiger partial charge in [-0.25, -0.2) is 4.79 Å². The minimum absolute atomic E-state index is 0.185. The van der Waals surface area contributed by atoms with Gasteiger partial charge in [0.15, 0.2) is 6.61 Å². The molecule has 2 aromatic heterocycles. The molecule has 30 heavy (non-hydrogen) atoms. The molecular weight excluding hydrogens is 380 g/mol. The number of hydrogen-bond acceptors (Lipinski definition) is 4. The van der Waals surface area contributed by atoms with Crippen LogP contribution in [0.1, 0.15) is 64.0 Å². The number of nitrogens with zero attached hydrogens (tertiary/aromatic N) is 2. The lowest BCUT2D eigenvalue weighted by Crippen LogP contribution is -2.14. The van der Waals surface area contributed by atoms with E-state index in [0.29, 0.717) is 18.2 Å². The molecule has 6 heteroatoms. The van der Waals surface area contributed by atoms with Crippen LogP contribution in [0.25, 0.3) is 6.08 Å². The molecule has 162 valence electrons. The Hall–Kier alpha value is -2.60. The number of ketones is 1. The van der Waals surface area contributed by atoms with Gasteiger partial charge in [-0.15, -0.1) is 0 Å². The third-order valence-corrected chi connectivity index (χ3v) is 5.78. The summed E-state index contributed by atoms with van der Waals surface area (Å²) < 4.78 is 14.7. The number of rotatable bonds is 10. The maximum atomic E-state index is 12.6. The van der Waals surface area contributed by atoms with Crippen LogP contribution in [0.15, 0.2) is 18.2 Å². The minimum atomic E-state index is -0.506. The first-order valence-electron chi connectivity index (χ1n) is 10.6. The molecule has 0 aromatic carbocycles. The third kappa shape index (κ3) is 4.93. The van der Waals surface area contributed by atoms with Crippen molar-refractivity contribution in [2.24, 2.45) is 0 Å². The maximum Gasteiger partial charge on any atom is 0.331 e. The second-order valence-corrected chi connectivity index (χ2v) is 8.07. The first-order valence-corrected chi connectivity index (χ1v) is 10.6. The Bertz CT molecular complexity index is 960. The number of aromatic nitrogens is 2. The van der Waals surface area contributed by atoms with E-state index in [1.807, 2.05) is 19.9 Å². The molecule has 0 spiro atoms. The van der Waals surface area contributed by atoms with Crippen LogP contribution in [0.5, 0.6) is 0 Å². The van der Waals surface area contributed by atoms with E-state index >= 15 is 0 Å². The summed E-state index contributed by atoms with van der Waals surface area (Å²) in [6.45, 7) is 9.27. The molecule has 1 aliphatic rings. The predicted octanol–water partition coefficient (Wildman–Crippen LogP) is 4.33. The first kappa shape index (κ1) is 22.1. The monoisotopic (exact) mass is 412 g/mol. The zero-order chi connectivity index (χ0) is 21.8. The molecule has 0 amide bonds. The Balaban J connectivity index is 1.57. The molecule has 0 unspecified atom stereocenters. The van der Waals surface area contributed by atoms with Crippen molar-refractivity contribution in [1.82, 2.24) is 9.13 Å². The van der Waals surface area contributed by atoms with Crippen LogP contribution in [0.3, 0.4) is 0 Å². The first-order chi connectivity index (χ1) is 14.3. The Morgan fingerprint density at radius 3 is 2.50 bits per heavy atom. The Labute approximate surface area is 178 Å². The van der Waals surface area contributed by atoms with E-state index < -0.39 is 5.97 Å². The van der Waals surface area contributed by atoms with Crippen molar-refractivity contribution in [3.05, 3.63) is 52.1 Å². The van der Waals surface area contributed by atoms with E-state index in [-0.39, 0.29) is 12.4 Å². The van der Waals surface area contributed by atoms with Crippen LogP contribution >= 0.6 is 0 Å². The van der Waals surface area contributed by atoms with E-state index in [1.165, 1.54) is 24.6 Å². The van der Waals surface area contributed by atoms with E-state index in [0.717, 1.165) is 35.6 Å². The summed E-state index contributed by atoms with van der Waals surface area (Å²) in [5, 5.41) is 0. The molecule has 3 rings (SSSR count). The topological polar surface area (TPSA) is 62.5 Å². The smallest absolute Gasteiger partial charge is 0.331 e. The van der Waals surface area contributed by atoms with Crippen LogP contribution in [0.4, 0.5) is 0 Å². The van der Waals surface area contributed by atoms with Gasteiger partial charge in [0.05, 0.1) is 0 Å². The third-order valence-electron chi connectivity index (χ3n) is 5.78. The highest BCUT2D eigenvalue weighted by Crippen LogP contribution is 2.38. The summed E-state index contributed by atoms with van der Waals surface area (Å²) >= 11 is 0. The number of hydrogen-bond donors (Lipinski definition) is 0. The molecule has 0 N–H and O–H groups in total. The number of ether oxygens (including phenoxy) is 2. The van der Waals surface area contributed by atoms with Gasteiger partial charge < -0.3 is 18.6 Å². The number of Topliss-reactive ketones (excluding diaryl/α,β-unsaturated/α-hetero) is 1. The number of aryl methyl sites for hydroxylation is 2. The van der Waals surface area contributed by atoms with Crippen LogP contribution in [-0.4, -0.2) is 41.2 Å². The van der Waals surface area contributed by atoms with Gasteiger partial charge in [0.1, 0.15) is 0 Å². The van der Waals surface area contributed by atoms with Crippen LogP contribution in [0.2, 0.25) is 0 Å². The molecule has 0 radical (unpaired) electrons. The zero-order valence-electron chi connectivity index (χ0n) is 18.7. The lowest BCUT2D eigenvalue weighted by molar-refractivity contribution is -0.136. The van der Waals surface area contributed by atoms with Crippen LogP contribution in [0, 0.1) is 27.7 Å². The largest absolute Gasteiger partial charge is 0.454 e. The van der Waals surface area contributed by atoms with Crippen LogP contribution < -0.4 is 0 Å². The van der Waals surface area contributed by atoms with Crippen molar-refractivity contribution in [3.8, 4) is 0 Å². The fraction of sp³-hybridized carbons (Fsp3) is 0.500. The molecule has 0 saturated heterocycles. The van der Waals surface area contributed by atoms with Gasteiger partial charge in [-0.1, -0.05) is 0 Å². The summed E-state index contributed by atoms with van der Waals surface area (Å²) in [4.78, 5) is 24.7. The molecule has 1 aliphatic carbocycles. The van der Waals surface area contributed by atoms with Crippen molar-refractivity contribution in [2.45, 2.75) is 59.5 Å². The van der Waals surface area contributed by atoms with E-state index in [2.05, 4.69) is 29.0 Å². The molecule has 0 aliphatic heterocycles. The Morgan fingerprint density at radius 1 is 1.10 bits per heavy atom. The number of methoxy groups -OCH3 is 1. The molecular formula is C24H32N2O4. The summed E-state index contributed by atoms with van der Waals surface area (Å²) in [6, 6.07) is 4.55. The lowest BCUT2D eigenvalue weighted by atomic mass is 10.1. The number of esters is 1. The highest BCUT2D eigenvalue weighted by atomic mass is 16.5. The van der Waals surface area contributed by atoms with Crippen molar-refractivity contribution in [2.75, 3.05) is 20.3 Å². The van der Waals surface area contributed by atoms with Crippen LogP contribution in [-0.2, 0) is 20.8 Å². The minimum Gasteiger partial charge on any atom is -0.454 e. The van der Waals surface area contributed by atoms with Gasteiger partial charge in [0.25, 0.3) is 0 Å². The predicted molar refractivity (Wildman–Crippen MR) is 117 cm³/mol. The second-order valence-electron chi connectivity index (χ2n) is 8.07. The normalized spacial score (nSPS) is 13.9. The van der Waals surface area contributed by atoms with Gasteiger partial charge >= 0.3 is 5.97 Å². The zero-order valence-corrected chi connectivity index (χ0v) is 18.7. The molecule has 1 fully saturated rings. The van der Waals surface area contributed by atoms with Gasteiger partial charge in [-0.05, 0) is 70.7 Å². The van der Waals surface area contributed by atoms with Gasteiger partial charge in [-0.2, -0.15) is 0 Å². The fourth-order valence-electron chi connectivity index (χ4n) is 4.08. The lowest BCUT2D eigenvalue weighted by Gasteiger charge is -2.09. The highest BCUT2D eigenvalue weighted by Gasteiger charge is 2.26. The summed E-state index contributed by atoms with van der Waals surface area (Å²) in [5.41, 5.74) is 5.91. The summed E-state index contributed by atoms with van der Waals surface area (Å²) in [5.74, 6) is -0.691. The van der Waals surface area contributed by atoms with E-state index in [4.69, 9.17) is 9.47 Å². The molecule has 0 atom stereocenters. The average Bonchev–Trinajstić information content (AvgIpc) is 3.44. The quantitative estimate of drug-likeness (QED) is 0.252. The van der Waals surface area contributed by atoms with Gasteiger partial charge in [0, 0.05) is 60.7 Å². The Kier molecular flexibility index (Phi) is 6.98. The van der Waals surface area contributed by atoms with Gasteiger partial charge in [-0.3, -0.25) is 4.79 Å². The molecule has 6 nitrogen and oxygen atoms in total. The number of carbonyl (C=O) groups is 2. The van der Waals surface area contributed by atoms with Gasteiger partial charge in [0.2, 0.25) is 5.78 Å². The Morgan fingerprint density at radius 2 is 1.83 bits per heavy atom. The van der Waals surface area contributed by atoms with Crippen molar-refractivity contribution in [3.63, 3.8) is 0 Å². The second kappa shape index (κ2) is 9.47. The highest BCUT2D eigenvalue weighted by molar-refractivity contribution is 6.00. The summed E-state index contributed by atoms with van der Waals surface area (Å²) in [6.07, 6.45) is 6.49. The standard InChI is InChI=1S/C24H32N2O4/c1-16-14-22(19(4)25(16)11-6-12-29-5)23(27)15-30-24(28)10-7-20-13-17(2)26(18(20)3)21-8-9-21/h7,10,13-14,21H,6,8-9,11-12,15H2,1-5H3/b10-7+. The molecule has 1 saturated carbocycles. The molecule has 2 heterocycles. The van der Waals surface area contributed by atoms with E-state index in [9.17, 15) is 9.59 Å². The molecule has 2 aromatic rings. The number of carbonyl (C=O) groups excluding carboxylic acids is 2. The van der Waals surface area contributed by atoms with Crippen molar-refractivity contribution in [1.29, 1.82) is 0 Å². The van der Waals surface area contributed by atoms with Crippen molar-refractivity contribution >= 4 is 17.8 Å². The molecule has 0 bridgehead atoms. The SMILES string of the molecule is COCCCn1c(C)cc(C(=O)COC(=O)/C=C/c2cc(C)n(C3CC3)c2C)c1C. The maximum absolute atomic E-state index is 12.6. The summed E-state index contributed by atoms with van der Waals surface area (Å²) in [7, 11) is 1.68. The average molecular weight is 413 g/mol. The van der Waals surface area contributed by atoms with Crippen molar-refractivity contribution < 1.29 is 19.1 Å². The fourth-order valence-corrected chi connectivity index (χ4v) is 4.08.